The van der Waals surface area contributed by atoms with Gasteiger partial charge in [-0.25, -0.2) is 9.78 Å². The molecule has 0 aromatic carbocycles. The third-order valence-corrected chi connectivity index (χ3v) is 9.75. The van der Waals surface area contributed by atoms with Gasteiger partial charge in [0, 0.05) is 41.8 Å². The molecule has 5 unspecified atom stereocenters. The number of ether oxygens (including phenoxy) is 1. The summed E-state index contributed by atoms with van der Waals surface area (Å²) in [7, 11) is 0. The predicted molar refractivity (Wildman–Crippen MR) is 128 cm³/mol. The van der Waals surface area contributed by atoms with Crippen LogP contribution in [0.5, 0.6) is 0 Å². The molecular weight excluding hydrogens is 456 g/mol. The molecule has 4 N–H and O–H groups in total. The zero-order valence-corrected chi connectivity index (χ0v) is 20.8. The Morgan fingerprint density at radius 3 is 2.65 bits per heavy atom. The van der Waals surface area contributed by atoms with E-state index in [-0.39, 0.29) is 41.8 Å². The lowest BCUT2D eigenvalue weighted by molar-refractivity contribution is -0.144. The average molecular weight is 493 g/mol. The summed E-state index contributed by atoms with van der Waals surface area (Å²) in [5.41, 5.74) is -0.0509. The molecule has 0 radical (unpaired) electrons. The highest BCUT2D eigenvalue weighted by Gasteiger charge is 2.59. The molecular formula is C24H36N4O5S. The van der Waals surface area contributed by atoms with Gasteiger partial charge >= 0.3 is 6.03 Å². The molecule has 188 valence electrons. The van der Waals surface area contributed by atoms with Gasteiger partial charge in [-0.05, 0) is 43.4 Å². The van der Waals surface area contributed by atoms with Crippen molar-refractivity contribution in [2.45, 2.75) is 70.4 Å². The number of hydrogen-bond acceptors (Lipinski definition) is 7. The largest absolute Gasteiger partial charge is 0.396 e. The van der Waals surface area contributed by atoms with E-state index in [1.807, 2.05) is 6.92 Å². The number of rotatable bonds is 5. The van der Waals surface area contributed by atoms with Crippen molar-refractivity contribution in [1.82, 2.24) is 15.2 Å². The lowest BCUT2D eigenvalue weighted by Crippen LogP contribution is -2.57. The Bertz CT molecular complexity index is 946. The molecule has 9 nitrogen and oxygen atoms in total. The summed E-state index contributed by atoms with van der Waals surface area (Å²) in [5.74, 6) is -0.101. The first-order valence-electron chi connectivity index (χ1n) is 12.5. The van der Waals surface area contributed by atoms with E-state index in [1.54, 1.807) is 4.90 Å². The Kier molecular flexibility index (Phi) is 6.37. The van der Waals surface area contributed by atoms with Crippen LogP contribution < -0.4 is 10.6 Å². The van der Waals surface area contributed by atoms with Crippen molar-refractivity contribution in [3.8, 4) is 0 Å². The fourth-order valence-corrected chi connectivity index (χ4v) is 7.39. The molecule has 3 amide bonds. The number of aromatic nitrogens is 1. The monoisotopic (exact) mass is 492 g/mol. The van der Waals surface area contributed by atoms with Gasteiger partial charge in [0.2, 0.25) is 5.91 Å². The number of thiazole rings is 1. The van der Waals surface area contributed by atoms with Gasteiger partial charge in [0.05, 0.1) is 31.6 Å². The normalized spacial score (nSPS) is 35.3. The Balaban J connectivity index is 1.46. The Morgan fingerprint density at radius 1 is 1.24 bits per heavy atom. The van der Waals surface area contributed by atoms with E-state index in [0.717, 1.165) is 29.8 Å². The molecule has 3 aliphatic carbocycles. The van der Waals surface area contributed by atoms with Crippen LogP contribution in [0.2, 0.25) is 0 Å². The maximum absolute atomic E-state index is 13.0. The standard InChI is InChI=1S/C24H36N4O5S/c1-23-6-5-18(30)24(2,13-29)17(23)12-16-20(15(23)11-19(31)25-14-3-4-14)26-21(34-16)27-22(32)28-7-9-33-10-8-28/h14-15,17-18,29-30H,3-13H2,1-2H3,(H,25,31)(H,26,27,32). The smallest absolute Gasteiger partial charge is 0.323 e. The minimum absolute atomic E-state index is 0.00298. The maximum Gasteiger partial charge on any atom is 0.323 e. The van der Waals surface area contributed by atoms with Gasteiger partial charge in [-0.2, -0.15) is 0 Å². The van der Waals surface area contributed by atoms with Gasteiger partial charge in [0.15, 0.2) is 5.13 Å². The molecule has 2 saturated carbocycles. The highest BCUT2D eigenvalue weighted by atomic mass is 32.1. The number of anilines is 1. The molecule has 10 heteroatoms. The number of aliphatic hydroxyl groups is 2. The lowest BCUT2D eigenvalue weighted by atomic mass is 9.47. The quantitative estimate of drug-likeness (QED) is 0.499. The van der Waals surface area contributed by atoms with Crippen molar-refractivity contribution in [2.24, 2.45) is 16.7 Å². The molecule has 1 saturated heterocycles. The summed E-state index contributed by atoms with van der Waals surface area (Å²) >= 11 is 1.46. The van der Waals surface area contributed by atoms with Crippen LogP contribution in [0.15, 0.2) is 0 Å². The van der Waals surface area contributed by atoms with E-state index in [4.69, 9.17) is 9.72 Å². The minimum Gasteiger partial charge on any atom is -0.396 e. The molecule has 5 rings (SSSR count). The molecule has 1 aliphatic heterocycles. The second kappa shape index (κ2) is 9.04. The third-order valence-electron chi connectivity index (χ3n) is 8.74. The van der Waals surface area contributed by atoms with E-state index in [0.29, 0.717) is 50.7 Å². The SMILES string of the molecule is CC1(CO)C(O)CCC2(C)C(CC(=O)NC3CC3)c3nc(NC(=O)N4CCOCC4)sc3CC12. The first-order chi connectivity index (χ1) is 16.2. The number of carbonyl (C=O) groups is 2. The van der Waals surface area contributed by atoms with Crippen LogP contribution >= 0.6 is 11.3 Å². The maximum atomic E-state index is 13.0. The van der Waals surface area contributed by atoms with Crippen LogP contribution in [0.4, 0.5) is 9.93 Å². The zero-order valence-electron chi connectivity index (χ0n) is 20.0. The number of aliphatic hydroxyl groups excluding tert-OH is 2. The van der Waals surface area contributed by atoms with Crippen LogP contribution in [-0.4, -0.2) is 77.1 Å². The Hall–Kier alpha value is -1.75. The molecule has 3 fully saturated rings. The van der Waals surface area contributed by atoms with E-state index in [9.17, 15) is 19.8 Å². The molecule has 0 spiro atoms. The molecule has 2 heterocycles. The topological polar surface area (TPSA) is 124 Å². The lowest BCUT2D eigenvalue weighted by Gasteiger charge is -2.58. The zero-order chi connectivity index (χ0) is 24.1. The molecule has 5 atom stereocenters. The highest BCUT2D eigenvalue weighted by Crippen LogP contribution is 2.62. The van der Waals surface area contributed by atoms with Crippen LogP contribution in [-0.2, 0) is 16.0 Å². The summed E-state index contributed by atoms with van der Waals surface area (Å²) in [4.78, 5) is 33.4. The molecule has 34 heavy (non-hydrogen) atoms. The van der Waals surface area contributed by atoms with E-state index in [1.165, 1.54) is 11.3 Å². The van der Waals surface area contributed by atoms with Crippen molar-refractivity contribution in [3.63, 3.8) is 0 Å². The first-order valence-corrected chi connectivity index (χ1v) is 13.3. The Morgan fingerprint density at radius 2 is 1.97 bits per heavy atom. The van der Waals surface area contributed by atoms with E-state index in [2.05, 4.69) is 17.6 Å². The van der Waals surface area contributed by atoms with E-state index < -0.39 is 11.5 Å². The fraction of sp³-hybridized carbons (Fsp3) is 0.792. The van der Waals surface area contributed by atoms with Crippen molar-refractivity contribution in [1.29, 1.82) is 0 Å². The first kappa shape index (κ1) is 24.0. The van der Waals surface area contributed by atoms with Crippen LogP contribution in [0.1, 0.15) is 62.4 Å². The molecule has 1 aromatic heterocycles. The Labute approximate surface area is 204 Å². The highest BCUT2D eigenvalue weighted by molar-refractivity contribution is 7.15. The molecule has 4 aliphatic rings. The van der Waals surface area contributed by atoms with Crippen molar-refractivity contribution >= 4 is 28.4 Å². The average Bonchev–Trinajstić information content (AvgIpc) is 3.55. The van der Waals surface area contributed by atoms with E-state index >= 15 is 0 Å². The van der Waals surface area contributed by atoms with Gasteiger partial charge < -0.3 is 25.2 Å². The van der Waals surface area contributed by atoms with Crippen molar-refractivity contribution in [3.05, 3.63) is 10.6 Å². The number of amides is 3. The van der Waals surface area contributed by atoms with Gasteiger partial charge in [0.25, 0.3) is 0 Å². The number of hydrogen-bond donors (Lipinski definition) is 4. The number of carbonyl (C=O) groups excluding carboxylic acids is 2. The third kappa shape index (κ3) is 4.23. The number of fused-ring (bicyclic) bond motifs is 2. The van der Waals surface area contributed by atoms with Crippen LogP contribution in [0.25, 0.3) is 0 Å². The number of nitrogens with zero attached hydrogens (tertiary/aromatic N) is 2. The number of urea groups is 1. The van der Waals surface area contributed by atoms with Gasteiger partial charge in [-0.1, -0.05) is 13.8 Å². The molecule has 1 aromatic rings. The summed E-state index contributed by atoms with van der Waals surface area (Å²) in [6.45, 7) is 6.21. The summed E-state index contributed by atoms with van der Waals surface area (Å²) in [6.07, 6.45) is 3.83. The van der Waals surface area contributed by atoms with Crippen molar-refractivity contribution < 1.29 is 24.5 Å². The molecule has 0 bridgehead atoms. The minimum atomic E-state index is -0.656. The van der Waals surface area contributed by atoms with Crippen LogP contribution in [0.3, 0.4) is 0 Å². The summed E-state index contributed by atoms with van der Waals surface area (Å²) in [5, 5.41) is 27.9. The predicted octanol–water partition coefficient (Wildman–Crippen LogP) is 2.09. The van der Waals surface area contributed by atoms with Gasteiger partial charge in [-0.15, -0.1) is 11.3 Å². The summed E-state index contributed by atoms with van der Waals surface area (Å²) in [6, 6.07) is 0.102. The van der Waals surface area contributed by atoms with Crippen molar-refractivity contribution in [2.75, 3.05) is 38.2 Å². The fourth-order valence-electron chi connectivity index (χ4n) is 6.34. The van der Waals surface area contributed by atoms with Gasteiger partial charge in [0.1, 0.15) is 0 Å². The second-order valence-corrected chi connectivity index (χ2v) is 12.0. The second-order valence-electron chi connectivity index (χ2n) is 10.9. The van der Waals surface area contributed by atoms with Crippen LogP contribution in [0, 0.1) is 16.7 Å². The number of morpholine rings is 1. The number of nitrogens with one attached hydrogen (secondary N) is 2. The summed E-state index contributed by atoms with van der Waals surface area (Å²) < 4.78 is 5.34. The van der Waals surface area contributed by atoms with Gasteiger partial charge in [-0.3, -0.25) is 10.1 Å².